The largest absolute Gasteiger partial charge is 0.494 e. The molecule has 1 aliphatic heterocycles. The second-order valence-electron chi connectivity index (χ2n) is 4.38. The van der Waals surface area contributed by atoms with Crippen LogP contribution in [0.25, 0.3) is 0 Å². The molecular formula is C13H13F2NO3S. The summed E-state index contributed by atoms with van der Waals surface area (Å²) < 4.78 is 31.5. The number of amides is 1. The Hall–Kier alpha value is -1.63. The van der Waals surface area contributed by atoms with E-state index in [1.165, 1.54) is 18.9 Å². The van der Waals surface area contributed by atoms with E-state index in [1.54, 1.807) is 0 Å². The van der Waals surface area contributed by atoms with E-state index in [0.29, 0.717) is 0 Å². The molecule has 1 saturated heterocycles. The lowest BCUT2D eigenvalue weighted by atomic mass is 10.2. The second-order valence-corrected chi connectivity index (χ2v) is 5.86. The minimum Gasteiger partial charge on any atom is -0.494 e. The van der Waals surface area contributed by atoms with Gasteiger partial charge in [-0.3, -0.25) is 9.59 Å². The van der Waals surface area contributed by atoms with Gasteiger partial charge in [0.05, 0.1) is 12.8 Å². The molecule has 1 heterocycles. The van der Waals surface area contributed by atoms with Crippen molar-refractivity contribution >= 4 is 28.5 Å². The summed E-state index contributed by atoms with van der Waals surface area (Å²) >= 11 is 1.07. The molecule has 0 aromatic heterocycles. The Bertz CT molecular complexity index is 565. The zero-order valence-electron chi connectivity index (χ0n) is 11.0. The Balaban J connectivity index is 2.30. The zero-order chi connectivity index (χ0) is 14.9. The van der Waals surface area contributed by atoms with Crippen molar-refractivity contribution in [3.8, 4) is 5.75 Å². The molecule has 2 rings (SSSR count). The summed E-state index contributed by atoms with van der Waals surface area (Å²) in [5, 5.41) is -0.264. The molecule has 4 nitrogen and oxygen atoms in total. The van der Waals surface area contributed by atoms with Gasteiger partial charge in [0.15, 0.2) is 16.7 Å². The molecule has 1 aromatic rings. The molecule has 0 aliphatic carbocycles. The SMILES string of the molecule is COc1cc(F)c(F)cc1N1CC(SC(C)=O)CC1=O. The standard InChI is InChI=1S/C13H13F2NO3S/c1-7(17)20-8-3-13(18)16(6-8)11-4-9(14)10(15)5-12(11)19-2/h4-5,8H,3,6H2,1-2H3. The summed E-state index contributed by atoms with van der Waals surface area (Å²) in [5.41, 5.74) is 0.183. The minimum absolute atomic E-state index is 0.0816. The van der Waals surface area contributed by atoms with Crippen LogP contribution in [0.5, 0.6) is 5.75 Å². The Kier molecular flexibility index (Phi) is 4.27. The van der Waals surface area contributed by atoms with Gasteiger partial charge in [-0.2, -0.15) is 0 Å². The lowest BCUT2D eigenvalue weighted by Gasteiger charge is -2.19. The Morgan fingerprint density at radius 2 is 2.05 bits per heavy atom. The van der Waals surface area contributed by atoms with Crippen LogP contribution in [0.1, 0.15) is 13.3 Å². The number of ether oxygens (including phenoxy) is 1. The molecule has 0 spiro atoms. The number of rotatable bonds is 3. The van der Waals surface area contributed by atoms with Crippen LogP contribution in [-0.2, 0) is 9.59 Å². The van der Waals surface area contributed by atoms with E-state index in [4.69, 9.17) is 4.74 Å². The summed E-state index contributed by atoms with van der Waals surface area (Å²) in [6.07, 6.45) is 0.187. The average Bonchev–Trinajstić information content (AvgIpc) is 2.72. The zero-order valence-corrected chi connectivity index (χ0v) is 11.8. The fourth-order valence-corrected chi connectivity index (χ4v) is 3.03. The van der Waals surface area contributed by atoms with Crippen LogP contribution < -0.4 is 9.64 Å². The Morgan fingerprint density at radius 3 is 2.65 bits per heavy atom. The van der Waals surface area contributed by atoms with Crippen LogP contribution in [0, 0.1) is 11.6 Å². The summed E-state index contributed by atoms with van der Waals surface area (Å²) in [5.74, 6) is -2.23. The molecule has 0 saturated carbocycles. The third-order valence-corrected chi connectivity index (χ3v) is 3.92. The summed E-state index contributed by atoms with van der Waals surface area (Å²) in [7, 11) is 1.32. The van der Waals surface area contributed by atoms with Gasteiger partial charge < -0.3 is 9.64 Å². The molecule has 1 amide bonds. The monoisotopic (exact) mass is 301 g/mol. The number of carbonyl (C=O) groups excluding carboxylic acids is 2. The lowest BCUT2D eigenvalue weighted by molar-refractivity contribution is -0.117. The molecule has 1 aliphatic rings. The van der Waals surface area contributed by atoms with E-state index in [0.717, 1.165) is 23.9 Å². The van der Waals surface area contributed by atoms with Crippen LogP contribution in [0.3, 0.4) is 0 Å². The van der Waals surface area contributed by atoms with Crippen LogP contribution in [0.4, 0.5) is 14.5 Å². The van der Waals surface area contributed by atoms with E-state index in [1.807, 2.05) is 0 Å². The molecule has 7 heteroatoms. The first-order valence-electron chi connectivity index (χ1n) is 5.93. The van der Waals surface area contributed by atoms with Crippen LogP contribution in [-0.4, -0.2) is 29.9 Å². The second kappa shape index (κ2) is 5.78. The van der Waals surface area contributed by atoms with E-state index in [9.17, 15) is 18.4 Å². The van der Waals surface area contributed by atoms with Gasteiger partial charge >= 0.3 is 0 Å². The molecule has 20 heavy (non-hydrogen) atoms. The van der Waals surface area contributed by atoms with Gasteiger partial charge in [0.1, 0.15) is 5.75 Å². The van der Waals surface area contributed by atoms with Crippen molar-refractivity contribution in [3.05, 3.63) is 23.8 Å². The van der Waals surface area contributed by atoms with E-state index >= 15 is 0 Å². The predicted molar refractivity (Wildman–Crippen MR) is 71.9 cm³/mol. The average molecular weight is 301 g/mol. The molecule has 108 valence electrons. The van der Waals surface area contributed by atoms with Gasteiger partial charge in [-0.05, 0) is 0 Å². The van der Waals surface area contributed by atoms with Crippen molar-refractivity contribution in [1.82, 2.24) is 0 Å². The molecular weight excluding hydrogens is 288 g/mol. The fraction of sp³-hybridized carbons (Fsp3) is 0.385. The maximum atomic E-state index is 13.4. The van der Waals surface area contributed by atoms with Crippen molar-refractivity contribution in [1.29, 1.82) is 0 Å². The highest BCUT2D eigenvalue weighted by atomic mass is 32.2. The van der Waals surface area contributed by atoms with Gasteiger partial charge in [0.2, 0.25) is 5.91 Å². The first kappa shape index (κ1) is 14.8. The number of anilines is 1. The highest BCUT2D eigenvalue weighted by Crippen LogP contribution is 2.35. The smallest absolute Gasteiger partial charge is 0.228 e. The maximum absolute atomic E-state index is 13.4. The van der Waals surface area contributed by atoms with Gasteiger partial charge in [-0.25, -0.2) is 8.78 Å². The third-order valence-electron chi connectivity index (χ3n) is 2.93. The van der Waals surface area contributed by atoms with Gasteiger partial charge in [0, 0.05) is 37.3 Å². The number of nitrogens with zero attached hydrogens (tertiary/aromatic N) is 1. The maximum Gasteiger partial charge on any atom is 0.228 e. The molecule has 0 N–H and O–H groups in total. The number of hydrogen-bond acceptors (Lipinski definition) is 4. The van der Waals surface area contributed by atoms with Crippen molar-refractivity contribution in [2.24, 2.45) is 0 Å². The van der Waals surface area contributed by atoms with E-state index < -0.39 is 11.6 Å². The van der Waals surface area contributed by atoms with Crippen molar-refractivity contribution < 1.29 is 23.1 Å². The van der Waals surface area contributed by atoms with Crippen molar-refractivity contribution in [3.63, 3.8) is 0 Å². The molecule has 1 fully saturated rings. The molecule has 0 bridgehead atoms. The normalized spacial score (nSPS) is 18.5. The summed E-state index contributed by atoms with van der Waals surface area (Å²) in [6, 6.07) is 1.84. The summed E-state index contributed by atoms with van der Waals surface area (Å²) in [4.78, 5) is 24.4. The summed E-state index contributed by atoms with van der Waals surface area (Å²) in [6.45, 7) is 1.69. The number of benzene rings is 1. The third kappa shape index (κ3) is 2.92. The van der Waals surface area contributed by atoms with E-state index in [2.05, 4.69) is 0 Å². The quantitative estimate of drug-likeness (QED) is 0.860. The fourth-order valence-electron chi connectivity index (χ4n) is 2.11. The highest BCUT2D eigenvalue weighted by molar-refractivity contribution is 8.14. The minimum atomic E-state index is -1.05. The van der Waals surface area contributed by atoms with Crippen molar-refractivity contribution in [2.45, 2.75) is 18.6 Å². The Labute approximate surface area is 119 Å². The number of hydrogen-bond donors (Lipinski definition) is 0. The molecule has 1 unspecified atom stereocenters. The van der Waals surface area contributed by atoms with Crippen LogP contribution in [0.2, 0.25) is 0 Å². The predicted octanol–water partition coefficient (Wildman–Crippen LogP) is 2.36. The first-order valence-corrected chi connectivity index (χ1v) is 6.81. The first-order chi connectivity index (χ1) is 9.42. The molecule has 0 radical (unpaired) electrons. The molecule has 1 aromatic carbocycles. The van der Waals surface area contributed by atoms with Crippen LogP contribution in [0.15, 0.2) is 12.1 Å². The number of halogens is 2. The Morgan fingerprint density at radius 1 is 1.40 bits per heavy atom. The van der Waals surface area contributed by atoms with E-state index in [-0.39, 0.29) is 40.7 Å². The number of methoxy groups -OCH3 is 1. The van der Waals surface area contributed by atoms with Crippen molar-refractivity contribution in [2.75, 3.05) is 18.6 Å². The van der Waals surface area contributed by atoms with Gasteiger partial charge in [-0.1, -0.05) is 11.8 Å². The number of carbonyl (C=O) groups is 2. The highest BCUT2D eigenvalue weighted by Gasteiger charge is 2.33. The molecule has 1 atom stereocenters. The van der Waals surface area contributed by atoms with Gasteiger partial charge in [0.25, 0.3) is 0 Å². The van der Waals surface area contributed by atoms with Crippen LogP contribution >= 0.6 is 11.8 Å². The van der Waals surface area contributed by atoms with Gasteiger partial charge in [-0.15, -0.1) is 0 Å². The lowest BCUT2D eigenvalue weighted by Crippen LogP contribution is -2.25. The topological polar surface area (TPSA) is 46.6 Å². The number of thioether (sulfide) groups is 1.